The van der Waals surface area contributed by atoms with Crippen LogP contribution in [0.3, 0.4) is 0 Å². The van der Waals surface area contributed by atoms with Crippen LogP contribution in [0, 0.1) is 0 Å². The summed E-state index contributed by atoms with van der Waals surface area (Å²) in [4.78, 5) is 21.1. The standard InChI is InChI=1S/C10H19NO5.C6H15NS2.2C2H6/c1-2-4-15-6-7-16-5-3-9(12)11-8-10(13)14;1-6(2)9-8-5-4-7-3;2*1-2/h2-8H2,1H3,(H,11,12)(H,13,14);6-7H,4-5H2,1-3H3;2*1-2H3. The normalized spacial score (nSPS) is 9.28. The van der Waals surface area contributed by atoms with Gasteiger partial charge in [0.05, 0.1) is 19.8 Å². The number of nitrogens with one attached hydrogen (secondary N) is 2. The Kier molecular flexibility index (Phi) is 43.3. The third-order valence-corrected chi connectivity index (χ3v) is 5.28. The molecule has 0 heterocycles. The molecule has 0 radical (unpaired) electrons. The summed E-state index contributed by atoms with van der Waals surface area (Å²) in [7, 11) is 5.87. The molecule has 9 heteroatoms. The number of hydrogen-bond acceptors (Lipinski definition) is 7. The van der Waals surface area contributed by atoms with E-state index in [9.17, 15) is 9.59 Å². The van der Waals surface area contributed by atoms with Crippen LogP contribution in [0.4, 0.5) is 0 Å². The van der Waals surface area contributed by atoms with Gasteiger partial charge >= 0.3 is 5.97 Å². The van der Waals surface area contributed by atoms with E-state index in [4.69, 9.17) is 14.6 Å². The molecule has 178 valence electrons. The Hall–Kier alpha value is -0.480. The van der Waals surface area contributed by atoms with Crippen LogP contribution in [-0.4, -0.2) is 74.6 Å². The molecule has 7 nitrogen and oxygen atoms in total. The van der Waals surface area contributed by atoms with E-state index < -0.39 is 5.97 Å². The summed E-state index contributed by atoms with van der Waals surface area (Å²) in [5.74, 6) is -0.168. The molecular weight excluding hydrogens is 412 g/mol. The van der Waals surface area contributed by atoms with Gasteiger partial charge in [-0.3, -0.25) is 9.59 Å². The Morgan fingerprint density at radius 2 is 1.55 bits per heavy atom. The highest BCUT2D eigenvalue weighted by Crippen LogP contribution is 2.24. The van der Waals surface area contributed by atoms with Crippen LogP contribution in [0.25, 0.3) is 0 Å². The summed E-state index contributed by atoms with van der Waals surface area (Å²) >= 11 is 0. The van der Waals surface area contributed by atoms with Crippen molar-refractivity contribution in [2.75, 3.05) is 52.3 Å². The predicted molar refractivity (Wildman–Crippen MR) is 129 cm³/mol. The molecule has 3 N–H and O–H groups in total. The van der Waals surface area contributed by atoms with Gasteiger partial charge in [0.2, 0.25) is 5.91 Å². The lowest BCUT2D eigenvalue weighted by Crippen LogP contribution is -2.30. The molecule has 0 atom stereocenters. The minimum atomic E-state index is -1.05. The van der Waals surface area contributed by atoms with Crippen molar-refractivity contribution < 1.29 is 24.2 Å². The highest BCUT2D eigenvalue weighted by Gasteiger charge is 2.03. The number of carboxylic acids is 1. The number of carbonyl (C=O) groups is 2. The lowest BCUT2D eigenvalue weighted by Gasteiger charge is -2.05. The van der Waals surface area contributed by atoms with Gasteiger partial charge in [-0.1, -0.05) is 70.1 Å². The molecule has 1 amide bonds. The molecule has 0 unspecified atom stereocenters. The largest absolute Gasteiger partial charge is 0.480 e. The molecule has 0 aliphatic heterocycles. The maximum absolute atomic E-state index is 11.0. The third kappa shape index (κ3) is 47.0. The molecule has 0 aromatic carbocycles. The maximum atomic E-state index is 11.0. The highest BCUT2D eigenvalue weighted by molar-refractivity contribution is 8.76. The van der Waals surface area contributed by atoms with Gasteiger partial charge in [0.15, 0.2) is 0 Å². The minimum absolute atomic E-state index is 0.168. The molecular formula is C20H46N2O5S2. The Labute approximate surface area is 187 Å². The summed E-state index contributed by atoms with van der Waals surface area (Å²) in [5, 5.41) is 14.4. The smallest absolute Gasteiger partial charge is 0.322 e. The third-order valence-electron chi connectivity index (χ3n) is 2.33. The van der Waals surface area contributed by atoms with Crippen LogP contribution in [-0.2, 0) is 19.1 Å². The van der Waals surface area contributed by atoms with Crippen LogP contribution in [0.1, 0.15) is 61.3 Å². The highest BCUT2D eigenvalue weighted by atomic mass is 33.1. The van der Waals surface area contributed by atoms with E-state index in [1.54, 1.807) is 0 Å². The molecule has 0 aliphatic rings. The predicted octanol–water partition coefficient (Wildman–Crippen LogP) is 4.07. The SMILES string of the molecule is CC.CC.CCCOCCOCCC(=O)NCC(=O)O.CNCCSSC(C)C. The Bertz CT molecular complexity index is 323. The molecule has 0 saturated heterocycles. The van der Waals surface area contributed by atoms with E-state index >= 15 is 0 Å². The zero-order chi connectivity index (χ0) is 23.3. The van der Waals surface area contributed by atoms with Crippen molar-refractivity contribution in [2.45, 2.75) is 66.6 Å². The zero-order valence-corrected chi connectivity index (χ0v) is 21.5. The fourth-order valence-electron chi connectivity index (χ4n) is 1.22. The molecule has 0 aromatic rings. The van der Waals surface area contributed by atoms with Gasteiger partial charge in [0.1, 0.15) is 6.54 Å². The second-order valence-electron chi connectivity index (χ2n) is 5.22. The molecule has 29 heavy (non-hydrogen) atoms. The lowest BCUT2D eigenvalue weighted by molar-refractivity contribution is -0.138. The number of aliphatic carboxylic acids is 1. The zero-order valence-electron chi connectivity index (χ0n) is 19.8. The number of ether oxygens (including phenoxy) is 2. The molecule has 0 saturated carbocycles. The first-order valence-corrected chi connectivity index (χ1v) is 12.9. The first-order valence-electron chi connectivity index (χ1n) is 10.5. The second kappa shape index (κ2) is 35.0. The van der Waals surface area contributed by atoms with E-state index in [0.717, 1.165) is 18.2 Å². The fourth-order valence-corrected chi connectivity index (χ4v) is 3.23. The average molecular weight is 459 g/mol. The summed E-state index contributed by atoms with van der Waals surface area (Å²) in [6.45, 7) is 17.2. The van der Waals surface area contributed by atoms with Gasteiger partial charge < -0.3 is 25.2 Å². The molecule has 0 fully saturated rings. The molecule has 0 rings (SSSR count). The number of carboxylic acid groups (broad SMARTS) is 1. The Morgan fingerprint density at radius 1 is 1.00 bits per heavy atom. The van der Waals surface area contributed by atoms with E-state index in [1.807, 2.05) is 63.3 Å². The van der Waals surface area contributed by atoms with Crippen LogP contribution in [0.2, 0.25) is 0 Å². The van der Waals surface area contributed by atoms with Crippen molar-refractivity contribution in [3.63, 3.8) is 0 Å². The van der Waals surface area contributed by atoms with Gasteiger partial charge in [0, 0.05) is 30.6 Å². The maximum Gasteiger partial charge on any atom is 0.322 e. The van der Waals surface area contributed by atoms with E-state index in [1.165, 1.54) is 5.75 Å². The first-order chi connectivity index (χ1) is 13.9. The van der Waals surface area contributed by atoms with Gasteiger partial charge in [-0.05, 0) is 13.5 Å². The van der Waals surface area contributed by atoms with Crippen molar-refractivity contribution in [3.8, 4) is 0 Å². The van der Waals surface area contributed by atoms with Crippen LogP contribution < -0.4 is 10.6 Å². The van der Waals surface area contributed by atoms with Crippen LogP contribution in [0.15, 0.2) is 0 Å². The average Bonchev–Trinajstić information content (AvgIpc) is 2.72. The van der Waals surface area contributed by atoms with Gasteiger partial charge in [-0.2, -0.15) is 0 Å². The molecule has 0 aliphatic carbocycles. The van der Waals surface area contributed by atoms with E-state index in [0.29, 0.717) is 19.8 Å². The molecule has 0 spiro atoms. The fraction of sp³-hybridized carbons (Fsp3) is 0.900. The summed E-state index contributed by atoms with van der Waals surface area (Å²) in [6.07, 6.45) is 1.14. The van der Waals surface area contributed by atoms with Crippen LogP contribution in [0.5, 0.6) is 0 Å². The Morgan fingerprint density at radius 3 is 2.00 bits per heavy atom. The first kappa shape index (κ1) is 35.9. The van der Waals surface area contributed by atoms with Crippen molar-refractivity contribution in [1.29, 1.82) is 0 Å². The second-order valence-corrected chi connectivity index (χ2v) is 8.28. The van der Waals surface area contributed by atoms with Crippen molar-refractivity contribution in [2.24, 2.45) is 0 Å². The minimum Gasteiger partial charge on any atom is -0.480 e. The number of carbonyl (C=O) groups excluding carboxylic acids is 1. The number of rotatable bonds is 15. The van der Waals surface area contributed by atoms with Gasteiger partial charge in [-0.15, -0.1) is 0 Å². The topological polar surface area (TPSA) is 96.9 Å². The van der Waals surface area contributed by atoms with Crippen molar-refractivity contribution in [3.05, 3.63) is 0 Å². The molecule has 0 bridgehead atoms. The van der Waals surface area contributed by atoms with Crippen molar-refractivity contribution >= 4 is 33.5 Å². The van der Waals surface area contributed by atoms with Gasteiger partial charge in [0.25, 0.3) is 0 Å². The number of hydrogen-bond donors (Lipinski definition) is 3. The van der Waals surface area contributed by atoms with Crippen molar-refractivity contribution in [1.82, 2.24) is 10.6 Å². The Balaban J connectivity index is -0.000000203. The van der Waals surface area contributed by atoms with Crippen LogP contribution >= 0.6 is 21.6 Å². The summed E-state index contributed by atoms with van der Waals surface area (Å²) in [5.41, 5.74) is 0. The van der Waals surface area contributed by atoms with Gasteiger partial charge in [-0.25, -0.2) is 0 Å². The number of amides is 1. The summed E-state index contributed by atoms with van der Waals surface area (Å²) in [6, 6.07) is 0. The monoisotopic (exact) mass is 458 g/mol. The molecule has 0 aromatic heterocycles. The summed E-state index contributed by atoms with van der Waals surface area (Å²) < 4.78 is 10.3. The quantitative estimate of drug-likeness (QED) is 0.250. The van der Waals surface area contributed by atoms with E-state index in [-0.39, 0.29) is 25.5 Å². The lowest BCUT2D eigenvalue weighted by atomic mass is 10.4. The van der Waals surface area contributed by atoms with E-state index in [2.05, 4.69) is 24.5 Å².